The molecule has 19 heteroatoms. The van der Waals surface area contributed by atoms with Gasteiger partial charge < -0.3 is 24.2 Å². The van der Waals surface area contributed by atoms with E-state index in [1.54, 1.807) is 30.1 Å². The number of carbonyl (C=O) groups excluding carboxylic acids is 2. The molecule has 1 spiro atoms. The number of hydrogen-bond acceptors (Lipinski definition) is 7. The highest BCUT2D eigenvalue weighted by Crippen LogP contribution is 2.48. The summed E-state index contributed by atoms with van der Waals surface area (Å²) >= 11 is 12.7. The number of nitrogens with zero attached hydrogens (tertiary/aromatic N) is 3. The molecule has 0 aromatic heterocycles. The normalized spacial score (nSPS) is 20.8. The lowest BCUT2D eigenvalue weighted by Gasteiger charge is -2.46. The molecule has 2 saturated heterocycles. The van der Waals surface area contributed by atoms with Crippen LogP contribution in [0, 0.1) is 0 Å². The third-order valence-electron chi connectivity index (χ3n) is 12.0. The molecule has 2 atom stereocenters. The Morgan fingerprint density at radius 3 is 2.25 bits per heavy atom. The first-order chi connectivity index (χ1) is 28.6. The Kier molecular flexibility index (Phi) is 14.4. The van der Waals surface area contributed by atoms with Crippen LogP contribution >= 0.6 is 23.2 Å². The first-order valence-corrected chi connectivity index (χ1v) is 22.5. The number of morpholine rings is 1. The Morgan fingerprint density at radius 1 is 0.934 bits per heavy atom. The van der Waals surface area contributed by atoms with Crippen LogP contribution in [-0.2, 0) is 54.1 Å². The number of hydrogen-bond donors (Lipinski definition) is 1. The van der Waals surface area contributed by atoms with Crippen LogP contribution in [0.5, 0.6) is 0 Å². The van der Waals surface area contributed by atoms with Gasteiger partial charge in [-0.25, -0.2) is 13.1 Å². The zero-order valence-electron chi connectivity index (χ0n) is 33.7. The highest BCUT2D eigenvalue weighted by atomic mass is 35.5. The Hall–Kier alpha value is -3.45. The van der Waals surface area contributed by atoms with Gasteiger partial charge >= 0.3 is 12.4 Å². The Bertz CT molecular complexity index is 2150. The summed E-state index contributed by atoms with van der Waals surface area (Å²) in [6.45, 7) is 2.04. The molecule has 2 heterocycles. The van der Waals surface area contributed by atoms with Gasteiger partial charge in [0.25, 0.3) is 5.91 Å². The van der Waals surface area contributed by atoms with E-state index in [1.807, 2.05) is 12.1 Å². The number of halogens is 8. The highest BCUT2D eigenvalue weighted by Gasteiger charge is 2.50. The summed E-state index contributed by atoms with van der Waals surface area (Å²) in [5.74, 6) is -1.18. The van der Waals surface area contributed by atoms with Crippen LogP contribution in [0.3, 0.4) is 0 Å². The molecule has 10 nitrogen and oxygen atoms in total. The van der Waals surface area contributed by atoms with Crippen molar-refractivity contribution < 1.29 is 53.8 Å². The average Bonchev–Trinajstić information content (AvgIpc) is 3.51. The van der Waals surface area contributed by atoms with Crippen molar-refractivity contribution in [2.24, 2.45) is 0 Å². The fraction of sp³-hybridized carbons (Fsp3) is 0.524. The second-order valence-corrected chi connectivity index (χ2v) is 18.7. The first-order valence-electron chi connectivity index (χ1n) is 19.9. The van der Waals surface area contributed by atoms with E-state index in [-0.39, 0.29) is 66.4 Å². The molecule has 1 N–H and O–H groups in total. The lowest BCUT2D eigenvalue weighted by Crippen LogP contribution is -2.54. The molecule has 0 radical (unpaired) electrons. The molecule has 3 aromatic rings. The minimum atomic E-state index is -5.12. The van der Waals surface area contributed by atoms with E-state index in [1.165, 1.54) is 10.5 Å². The van der Waals surface area contributed by atoms with Crippen LogP contribution < -0.4 is 4.72 Å². The summed E-state index contributed by atoms with van der Waals surface area (Å²) in [6, 6.07) is 13.9. The summed E-state index contributed by atoms with van der Waals surface area (Å²) in [5.41, 5.74) is -2.63. The van der Waals surface area contributed by atoms with E-state index in [0.29, 0.717) is 82.4 Å². The quantitative estimate of drug-likeness (QED) is 0.132. The van der Waals surface area contributed by atoms with Gasteiger partial charge in [0.2, 0.25) is 15.9 Å². The number of likely N-dealkylation sites (tertiary alicyclic amines) is 1. The minimum Gasteiger partial charge on any atom is -0.367 e. The number of alkyl halides is 6. The van der Waals surface area contributed by atoms with E-state index < -0.39 is 50.6 Å². The van der Waals surface area contributed by atoms with Crippen molar-refractivity contribution in [3.8, 4) is 0 Å². The first kappa shape index (κ1) is 47.0. The molecule has 3 aromatic carbocycles. The summed E-state index contributed by atoms with van der Waals surface area (Å²) in [4.78, 5) is 32.0. The molecule has 2 amide bonds. The number of sulfonamides is 1. The van der Waals surface area contributed by atoms with Gasteiger partial charge in [-0.05, 0) is 98.6 Å². The number of carbonyl (C=O) groups is 2. The molecule has 0 bridgehead atoms. The third-order valence-corrected chi connectivity index (χ3v) is 13.5. The lowest BCUT2D eigenvalue weighted by atomic mass is 9.72. The van der Waals surface area contributed by atoms with E-state index in [4.69, 9.17) is 32.7 Å². The van der Waals surface area contributed by atoms with Crippen molar-refractivity contribution in [1.29, 1.82) is 0 Å². The van der Waals surface area contributed by atoms with Gasteiger partial charge in [-0.2, -0.15) is 26.3 Å². The molecule has 2 fully saturated rings. The number of ether oxygens (including phenoxy) is 2. The number of amides is 2. The molecule has 2 aliphatic heterocycles. The zero-order chi connectivity index (χ0) is 44.4. The van der Waals surface area contributed by atoms with Gasteiger partial charge in [0, 0.05) is 44.2 Å². The van der Waals surface area contributed by atoms with Crippen LogP contribution in [-0.4, -0.2) is 113 Å². The van der Waals surface area contributed by atoms with E-state index in [9.17, 15) is 44.3 Å². The van der Waals surface area contributed by atoms with Crippen LogP contribution in [0.2, 0.25) is 10.0 Å². The standard InChI is InChI=1S/C42H48Cl2F6N4O6S/c1-52(15-6-5-14-51-61(2,57)58)37(55)26-59-36-23-28-7-3-4-8-33(28)39(36)11-16-53(17-12-39)18-13-40(30-9-10-34(43)35(44)25-30)27-54(19-20-60-40)38(56)29-21-31(41(45,46)47)24-32(22-29)42(48,49)50/h3-4,7-10,21-22,24-25,36,51H,5-6,11-20,23,26-27H2,1-2H3/t36-,40-/m0/s1. The Morgan fingerprint density at radius 2 is 1.61 bits per heavy atom. The van der Waals surface area contributed by atoms with Crippen molar-refractivity contribution >= 4 is 45.0 Å². The fourth-order valence-corrected chi connectivity index (χ4v) is 9.50. The third kappa shape index (κ3) is 11.2. The topological polar surface area (TPSA) is 108 Å². The van der Waals surface area contributed by atoms with Crippen molar-refractivity contribution in [3.63, 3.8) is 0 Å². The zero-order valence-corrected chi connectivity index (χ0v) is 36.0. The van der Waals surface area contributed by atoms with Gasteiger partial charge in [-0.3, -0.25) is 9.59 Å². The second kappa shape index (κ2) is 18.7. The number of rotatable bonds is 14. The van der Waals surface area contributed by atoms with E-state index >= 15 is 0 Å². The fourth-order valence-electron chi connectivity index (χ4n) is 8.68. The minimum absolute atomic E-state index is 0.00889. The maximum absolute atomic E-state index is 13.8. The second-order valence-electron chi connectivity index (χ2n) is 16.1. The maximum Gasteiger partial charge on any atom is 0.416 e. The van der Waals surface area contributed by atoms with Gasteiger partial charge in [-0.15, -0.1) is 0 Å². The smallest absolute Gasteiger partial charge is 0.367 e. The van der Waals surface area contributed by atoms with Crippen molar-refractivity contribution in [2.45, 2.75) is 68.0 Å². The number of unbranched alkanes of at least 4 members (excludes halogenated alkanes) is 1. The number of nitrogens with one attached hydrogen (secondary N) is 1. The predicted molar refractivity (Wildman–Crippen MR) is 218 cm³/mol. The summed E-state index contributed by atoms with van der Waals surface area (Å²) < 4.78 is 120. The van der Waals surface area contributed by atoms with Crippen LogP contribution in [0.4, 0.5) is 26.3 Å². The monoisotopic (exact) mass is 920 g/mol. The molecule has 3 aliphatic rings. The SMILES string of the molecule is CN(CCCCNS(C)(=O)=O)C(=O)CO[C@H]1Cc2ccccc2C12CCN(CC[C@@]1(c3ccc(Cl)c(Cl)c3)CN(C(=O)c3cc(C(F)(F)F)cc(C(F)(F)F)c3)CCO1)CC2. The Balaban J connectivity index is 1.15. The van der Waals surface area contributed by atoms with Crippen LogP contribution in [0.25, 0.3) is 0 Å². The number of piperidine rings is 1. The average molecular weight is 922 g/mol. The summed E-state index contributed by atoms with van der Waals surface area (Å²) in [7, 11) is -1.59. The molecule has 61 heavy (non-hydrogen) atoms. The molecular formula is C42H48Cl2F6N4O6S. The maximum atomic E-state index is 13.8. The van der Waals surface area contributed by atoms with Crippen LogP contribution in [0.1, 0.15) is 70.3 Å². The summed E-state index contributed by atoms with van der Waals surface area (Å²) in [5, 5.41) is 0.464. The van der Waals surface area contributed by atoms with Gasteiger partial charge in [-0.1, -0.05) is 53.5 Å². The van der Waals surface area contributed by atoms with Crippen LogP contribution in [0.15, 0.2) is 60.7 Å². The molecular weight excluding hydrogens is 873 g/mol. The van der Waals surface area contributed by atoms with Gasteiger partial charge in [0.15, 0.2) is 0 Å². The predicted octanol–water partition coefficient (Wildman–Crippen LogP) is 7.55. The highest BCUT2D eigenvalue weighted by molar-refractivity contribution is 7.88. The number of fused-ring (bicyclic) bond motifs is 2. The number of benzene rings is 3. The van der Waals surface area contributed by atoms with E-state index in [2.05, 4.69) is 21.8 Å². The van der Waals surface area contributed by atoms with Crippen molar-refractivity contribution in [2.75, 3.05) is 72.3 Å². The molecule has 0 unspecified atom stereocenters. The molecule has 0 saturated carbocycles. The molecule has 6 rings (SSSR count). The molecule has 334 valence electrons. The summed E-state index contributed by atoms with van der Waals surface area (Å²) in [6.07, 6.45) is -5.89. The number of likely N-dealkylation sites (N-methyl/N-ethyl adjacent to an activating group) is 1. The molecule has 1 aliphatic carbocycles. The van der Waals surface area contributed by atoms with Gasteiger partial charge in [0.05, 0.1) is 46.7 Å². The Labute approximate surface area is 361 Å². The lowest BCUT2D eigenvalue weighted by molar-refractivity contribution is -0.143. The van der Waals surface area contributed by atoms with E-state index in [0.717, 1.165) is 11.8 Å². The van der Waals surface area contributed by atoms with Crippen molar-refractivity contribution in [1.82, 2.24) is 19.4 Å². The van der Waals surface area contributed by atoms with Crippen molar-refractivity contribution in [3.05, 3.63) is 104 Å². The largest absolute Gasteiger partial charge is 0.416 e. The van der Waals surface area contributed by atoms with Gasteiger partial charge in [0.1, 0.15) is 12.2 Å².